The van der Waals surface area contributed by atoms with Gasteiger partial charge in [0.05, 0.1) is 18.7 Å². The Morgan fingerprint density at radius 3 is 2.90 bits per heavy atom. The zero-order valence-electron chi connectivity index (χ0n) is 5.53. The van der Waals surface area contributed by atoms with Crippen LogP contribution in [0.3, 0.4) is 0 Å². The van der Waals surface area contributed by atoms with Gasteiger partial charge in [-0.15, -0.1) is 0 Å². The van der Waals surface area contributed by atoms with Crippen LogP contribution < -0.4 is 5.32 Å². The summed E-state index contributed by atoms with van der Waals surface area (Å²) in [5.41, 5.74) is 0. The predicted octanol–water partition coefficient (Wildman–Crippen LogP) is -2.22. The number of hydrogen-bond donors (Lipinski definition) is 3. The number of rotatable bonds is 1. The second-order valence-electron chi connectivity index (χ2n) is 2.26. The third kappa shape index (κ3) is 1.70. The summed E-state index contributed by atoms with van der Waals surface area (Å²) < 4.78 is 4.96. The van der Waals surface area contributed by atoms with Crippen LogP contribution in [-0.4, -0.2) is 49.5 Å². The zero-order chi connectivity index (χ0) is 7.56. The Bertz CT molecular complexity index is 113. The molecule has 1 heterocycles. The highest BCUT2D eigenvalue weighted by molar-refractivity contribution is 6.11. The van der Waals surface area contributed by atoms with Crippen molar-refractivity contribution < 1.29 is 14.9 Å². The van der Waals surface area contributed by atoms with Crippen molar-refractivity contribution in [3.05, 3.63) is 0 Å². The molecule has 5 heteroatoms. The zero-order valence-corrected chi connectivity index (χ0v) is 5.53. The molecular weight excluding hydrogens is 133 g/mol. The molecule has 2 radical (unpaired) electrons. The van der Waals surface area contributed by atoms with E-state index in [0.717, 1.165) is 0 Å². The van der Waals surface area contributed by atoms with E-state index in [1.54, 1.807) is 0 Å². The van der Waals surface area contributed by atoms with Gasteiger partial charge in [0.25, 0.3) is 0 Å². The van der Waals surface area contributed by atoms with Gasteiger partial charge in [0.15, 0.2) is 0 Å². The molecule has 3 N–H and O–H groups in total. The molecule has 0 bridgehead atoms. The SMILES string of the molecule is [B]C1O[C@H](CO)CNC1O. The fourth-order valence-corrected chi connectivity index (χ4v) is 0.821. The lowest BCUT2D eigenvalue weighted by Gasteiger charge is -2.32. The number of ether oxygens (including phenoxy) is 1. The molecule has 1 rings (SSSR count). The van der Waals surface area contributed by atoms with Gasteiger partial charge in [-0.3, -0.25) is 5.32 Å². The van der Waals surface area contributed by atoms with Crippen LogP contribution in [0.1, 0.15) is 0 Å². The van der Waals surface area contributed by atoms with Crippen molar-refractivity contribution >= 4 is 7.85 Å². The molecule has 0 saturated carbocycles. The van der Waals surface area contributed by atoms with Gasteiger partial charge in [0, 0.05) is 6.54 Å². The van der Waals surface area contributed by atoms with Crippen LogP contribution in [0.25, 0.3) is 0 Å². The number of aliphatic hydroxyl groups is 2. The first-order valence-corrected chi connectivity index (χ1v) is 3.17. The molecule has 0 aliphatic carbocycles. The van der Waals surface area contributed by atoms with E-state index in [0.29, 0.717) is 6.54 Å². The lowest BCUT2D eigenvalue weighted by molar-refractivity contribution is -0.0993. The van der Waals surface area contributed by atoms with Gasteiger partial charge in [-0.1, -0.05) is 0 Å². The van der Waals surface area contributed by atoms with Gasteiger partial charge in [0.2, 0.25) is 0 Å². The average Bonchev–Trinajstić information content (AvgIpc) is 1.95. The highest BCUT2D eigenvalue weighted by Crippen LogP contribution is 2.03. The Kier molecular flexibility index (Phi) is 2.68. The molecule has 0 spiro atoms. The first-order chi connectivity index (χ1) is 4.74. The summed E-state index contributed by atoms with van der Waals surface area (Å²) in [7, 11) is 5.30. The maximum Gasteiger partial charge on any atom is 0.122 e. The van der Waals surface area contributed by atoms with Gasteiger partial charge < -0.3 is 14.9 Å². The maximum atomic E-state index is 8.95. The highest BCUT2D eigenvalue weighted by atomic mass is 16.5. The van der Waals surface area contributed by atoms with E-state index in [2.05, 4.69) is 5.32 Å². The third-order valence-electron chi connectivity index (χ3n) is 1.42. The van der Waals surface area contributed by atoms with Gasteiger partial charge >= 0.3 is 0 Å². The Morgan fingerprint density at radius 1 is 1.70 bits per heavy atom. The van der Waals surface area contributed by atoms with Gasteiger partial charge in [0.1, 0.15) is 14.1 Å². The topological polar surface area (TPSA) is 61.7 Å². The Hall–Kier alpha value is -0.0951. The Labute approximate surface area is 60.6 Å². The monoisotopic (exact) mass is 143 g/mol. The van der Waals surface area contributed by atoms with Gasteiger partial charge in [-0.2, -0.15) is 0 Å². The van der Waals surface area contributed by atoms with Crippen LogP contribution in [0.4, 0.5) is 0 Å². The maximum absolute atomic E-state index is 8.95. The minimum Gasteiger partial charge on any atom is -0.394 e. The molecule has 0 aromatic rings. The van der Waals surface area contributed by atoms with Crippen molar-refractivity contribution in [2.24, 2.45) is 0 Å². The molecule has 1 fully saturated rings. The van der Waals surface area contributed by atoms with Crippen molar-refractivity contribution in [1.29, 1.82) is 0 Å². The van der Waals surface area contributed by atoms with Crippen molar-refractivity contribution in [2.45, 2.75) is 18.3 Å². The summed E-state index contributed by atoms with van der Waals surface area (Å²) in [6.07, 6.45) is -1.11. The van der Waals surface area contributed by atoms with E-state index in [1.807, 2.05) is 0 Å². The van der Waals surface area contributed by atoms with Crippen molar-refractivity contribution in [3.63, 3.8) is 0 Å². The number of morpholine rings is 1. The fourth-order valence-electron chi connectivity index (χ4n) is 0.821. The Morgan fingerprint density at radius 2 is 2.40 bits per heavy atom. The van der Waals surface area contributed by atoms with E-state index in [4.69, 9.17) is 22.8 Å². The molecule has 4 nitrogen and oxygen atoms in total. The van der Waals surface area contributed by atoms with Crippen LogP contribution in [0.5, 0.6) is 0 Å². The average molecular weight is 143 g/mol. The molecule has 0 aromatic carbocycles. The minimum absolute atomic E-state index is 0.0760. The molecule has 0 aromatic heterocycles. The van der Waals surface area contributed by atoms with Crippen LogP contribution in [0.15, 0.2) is 0 Å². The summed E-state index contributed by atoms with van der Waals surface area (Å²) in [6.45, 7) is 0.360. The second kappa shape index (κ2) is 3.34. The van der Waals surface area contributed by atoms with E-state index in [1.165, 1.54) is 0 Å². The first kappa shape index (κ1) is 8.01. The van der Waals surface area contributed by atoms with Crippen molar-refractivity contribution in [2.75, 3.05) is 13.2 Å². The lowest BCUT2D eigenvalue weighted by atomic mass is 9.96. The number of hydrogen-bond acceptors (Lipinski definition) is 4. The van der Waals surface area contributed by atoms with Crippen molar-refractivity contribution in [3.8, 4) is 0 Å². The molecule has 2 unspecified atom stereocenters. The molecule has 56 valence electrons. The van der Waals surface area contributed by atoms with Crippen molar-refractivity contribution in [1.82, 2.24) is 5.32 Å². The summed E-state index contributed by atoms with van der Waals surface area (Å²) >= 11 is 0. The third-order valence-corrected chi connectivity index (χ3v) is 1.42. The molecule has 1 aliphatic rings. The molecule has 1 aliphatic heterocycles. The molecule has 0 amide bonds. The molecular formula is C5H10BNO3. The lowest BCUT2D eigenvalue weighted by Crippen LogP contribution is -2.53. The summed E-state index contributed by atoms with van der Waals surface area (Å²) in [6, 6.07) is -0.731. The fraction of sp³-hybridized carbons (Fsp3) is 1.00. The molecule has 1 saturated heterocycles. The predicted molar refractivity (Wildman–Crippen MR) is 35.5 cm³/mol. The number of aliphatic hydroxyl groups excluding tert-OH is 2. The van der Waals surface area contributed by atoms with E-state index >= 15 is 0 Å². The highest BCUT2D eigenvalue weighted by Gasteiger charge is 2.24. The van der Waals surface area contributed by atoms with Crippen LogP contribution in [-0.2, 0) is 4.74 Å². The normalized spacial score (nSPS) is 41.6. The van der Waals surface area contributed by atoms with E-state index < -0.39 is 12.2 Å². The van der Waals surface area contributed by atoms with Crippen LogP contribution in [0, 0.1) is 0 Å². The summed E-state index contributed by atoms with van der Waals surface area (Å²) in [5.74, 6) is 0. The largest absolute Gasteiger partial charge is 0.394 e. The second-order valence-corrected chi connectivity index (χ2v) is 2.26. The molecule has 3 atom stereocenters. The smallest absolute Gasteiger partial charge is 0.122 e. The summed E-state index contributed by atoms with van der Waals surface area (Å²) in [4.78, 5) is 0. The number of nitrogens with one attached hydrogen (secondary N) is 1. The Balaban J connectivity index is 2.33. The molecule has 10 heavy (non-hydrogen) atoms. The van der Waals surface area contributed by atoms with E-state index in [9.17, 15) is 0 Å². The first-order valence-electron chi connectivity index (χ1n) is 3.17. The van der Waals surface area contributed by atoms with Gasteiger partial charge in [-0.05, 0) is 0 Å². The van der Waals surface area contributed by atoms with Crippen LogP contribution >= 0.6 is 0 Å². The standard InChI is InChI=1S/C5H10BNO3/c6-4-5(9)7-1-3(2-8)10-4/h3-5,7-9H,1-2H2/t3-,4?,5?/m0/s1. The minimum atomic E-state index is -0.817. The van der Waals surface area contributed by atoms with Gasteiger partial charge in [-0.25, -0.2) is 0 Å². The van der Waals surface area contributed by atoms with Crippen LogP contribution in [0.2, 0.25) is 0 Å². The summed E-state index contributed by atoms with van der Waals surface area (Å²) in [5, 5.41) is 20.2. The quantitative estimate of drug-likeness (QED) is 0.364. The van der Waals surface area contributed by atoms with E-state index in [-0.39, 0.29) is 12.7 Å².